The zero-order valence-corrected chi connectivity index (χ0v) is 9.90. The first-order valence-corrected chi connectivity index (χ1v) is 5.37. The van der Waals surface area contributed by atoms with Gasteiger partial charge in [-0.15, -0.1) is 0 Å². The maximum absolute atomic E-state index is 4.28. The van der Waals surface area contributed by atoms with Gasteiger partial charge in [0.2, 0.25) is 0 Å². The van der Waals surface area contributed by atoms with Crippen molar-refractivity contribution in [3.63, 3.8) is 0 Å². The van der Waals surface area contributed by atoms with Crippen LogP contribution < -0.4 is 5.43 Å². The number of hydrogen-bond donors (Lipinski definition) is 1. The van der Waals surface area contributed by atoms with Crippen LogP contribution in [0.25, 0.3) is 0 Å². The molecule has 1 N–H and O–H groups in total. The molecule has 0 radical (unpaired) electrons. The molecule has 1 aliphatic carbocycles. The van der Waals surface area contributed by atoms with Gasteiger partial charge in [-0.2, -0.15) is 5.10 Å². The van der Waals surface area contributed by atoms with E-state index in [1.54, 1.807) is 0 Å². The van der Waals surface area contributed by atoms with Crippen LogP contribution in [0.2, 0.25) is 0 Å². The largest absolute Gasteiger partial charge is 0.305 e. The highest BCUT2D eigenvalue weighted by atomic mass is 15.3. The molecule has 0 aromatic carbocycles. The van der Waals surface area contributed by atoms with E-state index in [1.807, 2.05) is 43.4 Å². The lowest BCUT2D eigenvalue weighted by atomic mass is 10.1. The van der Waals surface area contributed by atoms with Gasteiger partial charge in [0, 0.05) is 0 Å². The summed E-state index contributed by atoms with van der Waals surface area (Å²) in [7, 11) is 0. The predicted octanol–water partition coefficient (Wildman–Crippen LogP) is 3.14. The number of allylic oxidation sites excluding steroid dienone is 8. The van der Waals surface area contributed by atoms with Crippen LogP contribution in [0.1, 0.15) is 13.8 Å². The zero-order chi connectivity index (χ0) is 11.8. The molecule has 0 aromatic rings. The quantitative estimate of drug-likeness (QED) is 0.564. The van der Waals surface area contributed by atoms with Crippen molar-refractivity contribution < 1.29 is 0 Å². The Balaban J connectivity index is 2.46. The second-order valence-corrected chi connectivity index (χ2v) is 3.61. The highest BCUT2D eigenvalue weighted by Gasteiger charge is 1.99. The van der Waals surface area contributed by atoms with E-state index in [4.69, 9.17) is 0 Å². The number of nitrogens with zero attached hydrogens (tertiary/aromatic N) is 1. The second kappa shape index (κ2) is 6.62. The van der Waals surface area contributed by atoms with Crippen LogP contribution in [0, 0.1) is 0 Å². The van der Waals surface area contributed by atoms with Gasteiger partial charge in [-0.1, -0.05) is 48.6 Å². The second-order valence-electron chi connectivity index (χ2n) is 3.61. The lowest BCUT2D eigenvalue weighted by Gasteiger charge is -2.06. The molecule has 84 valence electrons. The molecule has 2 nitrogen and oxygen atoms in total. The van der Waals surface area contributed by atoms with Crippen molar-refractivity contribution in [3.8, 4) is 0 Å². The van der Waals surface area contributed by atoms with Crippen LogP contribution in [0.3, 0.4) is 0 Å². The van der Waals surface area contributed by atoms with Crippen LogP contribution in [0.15, 0.2) is 65.4 Å². The molecule has 1 aliphatic rings. The molecule has 0 aromatic heterocycles. The van der Waals surface area contributed by atoms with Crippen LogP contribution in [0.4, 0.5) is 0 Å². The lowest BCUT2D eigenvalue weighted by Crippen LogP contribution is -2.13. The summed E-state index contributed by atoms with van der Waals surface area (Å²) in [5.74, 6) is 0. The first-order chi connectivity index (χ1) is 7.74. The molecule has 0 bridgehead atoms. The van der Waals surface area contributed by atoms with E-state index in [2.05, 4.69) is 30.1 Å². The maximum atomic E-state index is 4.28. The number of hydrogen-bond acceptors (Lipinski definition) is 2. The van der Waals surface area contributed by atoms with E-state index in [9.17, 15) is 0 Å². The Labute approximate surface area is 97.4 Å². The minimum Gasteiger partial charge on any atom is -0.305 e. The number of nitrogens with one attached hydrogen (secondary N) is 1. The van der Waals surface area contributed by atoms with Crippen LogP contribution in [-0.4, -0.2) is 12.3 Å². The van der Waals surface area contributed by atoms with Gasteiger partial charge in [-0.25, -0.2) is 0 Å². The molecule has 0 saturated heterocycles. The molecule has 0 spiro atoms. The van der Waals surface area contributed by atoms with Gasteiger partial charge < -0.3 is 5.43 Å². The van der Waals surface area contributed by atoms with Crippen LogP contribution in [0.5, 0.6) is 0 Å². The highest BCUT2D eigenvalue weighted by molar-refractivity contribution is 6.10. The minimum absolute atomic E-state index is 0.749. The average Bonchev–Trinajstić information content (AvgIpc) is 2.29. The molecule has 0 heterocycles. The van der Waals surface area contributed by atoms with E-state index in [-0.39, 0.29) is 0 Å². The highest BCUT2D eigenvalue weighted by Crippen LogP contribution is 2.04. The molecule has 0 amide bonds. The molecule has 0 saturated carbocycles. The van der Waals surface area contributed by atoms with Crippen molar-refractivity contribution >= 4 is 5.71 Å². The van der Waals surface area contributed by atoms with E-state index in [1.165, 1.54) is 5.57 Å². The van der Waals surface area contributed by atoms with Crippen LogP contribution in [-0.2, 0) is 0 Å². The Morgan fingerprint density at radius 2 is 2.19 bits per heavy atom. The molecule has 0 fully saturated rings. The fraction of sp³-hybridized carbons (Fsp3) is 0.214. The fourth-order valence-corrected chi connectivity index (χ4v) is 1.19. The summed E-state index contributed by atoms with van der Waals surface area (Å²) in [5.41, 5.74) is 6.10. The Hall–Kier alpha value is -1.83. The Morgan fingerprint density at radius 1 is 1.44 bits per heavy atom. The third-order valence-corrected chi connectivity index (χ3v) is 2.12. The monoisotopic (exact) mass is 214 g/mol. The standard InChI is InChI=1S/C14H18N2/c1-4-5-8-12(2)11-15-16-14-10-7-6-9-13(14)3/h4-10,15H,3,11H2,1-2H3/b5-4-,12-8+,16-14-. The van der Waals surface area contributed by atoms with Gasteiger partial charge in [-0.05, 0) is 25.5 Å². The zero-order valence-electron chi connectivity index (χ0n) is 9.90. The van der Waals surface area contributed by atoms with Gasteiger partial charge in [-0.3, -0.25) is 0 Å². The molecule has 1 rings (SSSR count). The normalized spacial score (nSPS) is 18.8. The number of rotatable bonds is 4. The third-order valence-electron chi connectivity index (χ3n) is 2.12. The first kappa shape index (κ1) is 12.2. The van der Waals surface area contributed by atoms with E-state index in [0.29, 0.717) is 0 Å². The molecule has 16 heavy (non-hydrogen) atoms. The summed E-state index contributed by atoms with van der Waals surface area (Å²) in [6.07, 6.45) is 13.9. The van der Waals surface area contributed by atoms with E-state index in [0.717, 1.165) is 17.8 Å². The molecular formula is C14H18N2. The summed E-state index contributed by atoms with van der Waals surface area (Å²) in [5, 5.41) is 4.28. The van der Waals surface area contributed by atoms with Crippen molar-refractivity contribution in [1.82, 2.24) is 5.43 Å². The lowest BCUT2D eigenvalue weighted by molar-refractivity contribution is 0.799. The molecule has 0 atom stereocenters. The van der Waals surface area contributed by atoms with Gasteiger partial charge >= 0.3 is 0 Å². The minimum atomic E-state index is 0.749. The number of hydrazone groups is 1. The van der Waals surface area contributed by atoms with Gasteiger partial charge in [0.05, 0.1) is 12.3 Å². The molecule has 0 unspecified atom stereocenters. The Bertz CT molecular complexity index is 393. The summed E-state index contributed by atoms with van der Waals surface area (Å²) in [4.78, 5) is 0. The summed E-state index contributed by atoms with van der Waals surface area (Å²) >= 11 is 0. The fourth-order valence-electron chi connectivity index (χ4n) is 1.19. The predicted molar refractivity (Wildman–Crippen MR) is 71.4 cm³/mol. The Kier molecular flexibility index (Phi) is 5.06. The van der Waals surface area contributed by atoms with Crippen molar-refractivity contribution in [1.29, 1.82) is 0 Å². The van der Waals surface area contributed by atoms with Gasteiger partial charge in [0.25, 0.3) is 0 Å². The van der Waals surface area contributed by atoms with Gasteiger partial charge in [0.1, 0.15) is 0 Å². The van der Waals surface area contributed by atoms with E-state index < -0.39 is 0 Å². The average molecular weight is 214 g/mol. The van der Waals surface area contributed by atoms with Crippen LogP contribution >= 0.6 is 0 Å². The first-order valence-electron chi connectivity index (χ1n) is 5.37. The third kappa shape index (κ3) is 4.13. The SMILES string of the molecule is C=C1C=CC=C/C1=N/NC/C(C)=C/C=C\C. The summed E-state index contributed by atoms with van der Waals surface area (Å²) < 4.78 is 0. The van der Waals surface area contributed by atoms with Crippen molar-refractivity contribution in [3.05, 3.63) is 60.3 Å². The smallest absolute Gasteiger partial charge is 0.0895 e. The van der Waals surface area contributed by atoms with Crippen molar-refractivity contribution in [2.24, 2.45) is 5.10 Å². The molecule has 0 aliphatic heterocycles. The Morgan fingerprint density at radius 3 is 2.88 bits per heavy atom. The van der Waals surface area contributed by atoms with Crippen molar-refractivity contribution in [2.45, 2.75) is 13.8 Å². The topological polar surface area (TPSA) is 24.4 Å². The van der Waals surface area contributed by atoms with E-state index >= 15 is 0 Å². The molecular weight excluding hydrogens is 196 g/mol. The maximum Gasteiger partial charge on any atom is 0.0895 e. The summed E-state index contributed by atoms with van der Waals surface area (Å²) in [6, 6.07) is 0. The summed E-state index contributed by atoms with van der Waals surface area (Å²) in [6.45, 7) is 8.73. The van der Waals surface area contributed by atoms with Gasteiger partial charge in [0.15, 0.2) is 0 Å². The van der Waals surface area contributed by atoms with Crippen molar-refractivity contribution in [2.75, 3.05) is 6.54 Å². The molecule has 2 heteroatoms.